The lowest BCUT2D eigenvalue weighted by Crippen LogP contribution is -2.26. The molecule has 0 saturated carbocycles. The van der Waals surface area contributed by atoms with Gasteiger partial charge in [-0.2, -0.15) is 0 Å². The summed E-state index contributed by atoms with van der Waals surface area (Å²) in [6.45, 7) is 13.7. The summed E-state index contributed by atoms with van der Waals surface area (Å²) in [5.74, 6) is 2.18. The van der Waals surface area contributed by atoms with Crippen LogP contribution in [0.5, 0.6) is 0 Å². The van der Waals surface area contributed by atoms with Gasteiger partial charge in [-0.3, -0.25) is 0 Å². The normalized spacial score (nSPS) is 12.9. The van der Waals surface area contributed by atoms with Gasteiger partial charge in [0, 0.05) is 24.9 Å². The molecule has 1 heterocycles. The molecule has 0 fully saturated rings. The van der Waals surface area contributed by atoms with Crippen LogP contribution in [0.15, 0.2) is 0 Å². The van der Waals surface area contributed by atoms with Crippen molar-refractivity contribution in [3.63, 3.8) is 0 Å². The van der Waals surface area contributed by atoms with E-state index in [-0.39, 0.29) is 0 Å². The van der Waals surface area contributed by atoms with E-state index in [1.807, 2.05) is 0 Å². The van der Waals surface area contributed by atoms with Crippen molar-refractivity contribution >= 4 is 0 Å². The molecule has 1 N–H and O–H groups in total. The third-order valence-electron chi connectivity index (χ3n) is 3.59. The SMILES string of the molecule is COCCc1nc(C)c(CC(C)CNCC(C)C)c(C)n1. The van der Waals surface area contributed by atoms with Gasteiger partial charge in [0.2, 0.25) is 0 Å². The van der Waals surface area contributed by atoms with E-state index in [9.17, 15) is 0 Å². The minimum absolute atomic E-state index is 0.592. The van der Waals surface area contributed by atoms with Gasteiger partial charge in [0.25, 0.3) is 0 Å². The van der Waals surface area contributed by atoms with Gasteiger partial charge in [-0.25, -0.2) is 9.97 Å². The molecule has 0 aliphatic carbocycles. The number of nitrogens with zero attached hydrogens (tertiary/aromatic N) is 2. The Morgan fingerprint density at radius 2 is 1.67 bits per heavy atom. The second-order valence-corrected chi connectivity index (χ2v) is 6.39. The van der Waals surface area contributed by atoms with Crippen molar-refractivity contribution in [3.05, 3.63) is 22.8 Å². The molecule has 1 unspecified atom stereocenters. The highest BCUT2D eigenvalue weighted by Crippen LogP contribution is 2.15. The zero-order valence-corrected chi connectivity index (χ0v) is 14.5. The summed E-state index contributed by atoms with van der Waals surface area (Å²) in [7, 11) is 1.71. The van der Waals surface area contributed by atoms with E-state index in [0.717, 1.165) is 43.1 Å². The molecule has 120 valence electrons. The molecule has 0 aliphatic heterocycles. The number of aromatic nitrogens is 2. The molecule has 0 radical (unpaired) electrons. The molecule has 0 bridgehead atoms. The first-order valence-electron chi connectivity index (χ1n) is 7.96. The van der Waals surface area contributed by atoms with Gasteiger partial charge in [-0.1, -0.05) is 20.8 Å². The zero-order valence-electron chi connectivity index (χ0n) is 14.5. The molecule has 1 aromatic rings. The highest BCUT2D eigenvalue weighted by Gasteiger charge is 2.12. The fraction of sp³-hybridized carbons (Fsp3) is 0.765. The van der Waals surface area contributed by atoms with Crippen molar-refractivity contribution in [1.82, 2.24) is 15.3 Å². The second kappa shape index (κ2) is 9.11. The van der Waals surface area contributed by atoms with E-state index in [1.165, 1.54) is 5.56 Å². The Balaban J connectivity index is 2.62. The lowest BCUT2D eigenvalue weighted by atomic mass is 9.98. The van der Waals surface area contributed by atoms with Gasteiger partial charge in [0.05, 0.1) is 6.61 Å². The summed E-state index contributed by atoms with van der Waals surface area (Å²) in [6, 6.07) is 0. The Kier molecular flexibility index (Phi) is 7.83. The number of hydrogen-bond acceptors (Lipinski definition) is 4. The van der Waals surface area contributed by atoms with Crippen molar-refractivity contribution in [2.24, 2.45) is 11.8 Å². The monoisotopic (exact) mass is 293 g/mol. The van der Waals surface area contributed by atoms with Gasteiger partial charge < -0.3 is 10.1 Å². The average Bonchev–Trinajstić information content (AvgIpc) is 2.40. The number of methoxy groups -OCH3 is 1. The minimum atomic E-state index is 0.592. The fourth-order valence-corrected chi connectivity index (χ4v) is 2.45. The number of hydrogen-bond donors (Lipinski definition) is 1. The summed E-state index contributed by atoms with van der Waals surface area (Å²) in [6.07, 6.45) is 1.82. The summed E-state index contributed by atoms with van der Waals surface area (Å²) in [4.78, 5) is 9.24. The topological polar surface area (TPSA) is 47.0 Å². The first-order valence-corrected chi connectivity index (χ1v) is 7.96. The smallest absolute Gasteiger partial charge is 0.131 e. The molecule has 4 heteroatoms. The van der Waals surface area contributed by atoms with Crippen LogP contribution in [-0.4, -0.2) is 36.8 Å². The van der Waals surface area contributed by atoms with E-state index in [4.69, 9.17) is 4.74 Å². The summed E-state index contributed by atoms with van der Waals surface area (Å²) in [5.41, 5.74) is 3.53. The zero-order chi connectivity index (χ0) is 15.8. The molecule has 1 atom stereocenters. The predicted octanol–water partition coefficient (Wildman–Crippen LogP) is 2.71. The van der Waals surface area contributed by atoms with E-state index in [2.05, 4.69) is 49.9 Å². The van der Waals surface area contributed by atoms with Crippen LogP contribution in [0.2, 0.25) is 0 Å². The highest BCUT2D eigenvalue weighted by atomic mass is 16.5. The Labute approximate surface area is 129 Å². The van der Waals surface area contributed by atoms with Gasteiger partial charge in [-0.05, 0) is 50.8 Å². The Hall–Kier alpha value is -1.00. The van der Waals surface area contributed by atoms with E-state index >= 15 is 0 Å². The molecular weight excluding hydrogens is 262 g/mol. The van der Waals surface area contributed by atoms with Crippen LogP contribution in [0.1, 0.15) is 43.5 Å². The van der Waals surface area contributed by atoms with Crippen LogP contribution in [-0.2, 0) is 17.6 Å². The molecule has 0 aromatic carbocycles. The quantitative estimate of drug-likeness (QED) is 0.760. The van der Waals surface area contributed by atoms with Gasteiger partial charge >= 0.3 is 0 Å². The van der Waals surface area contributed by atoms with Crippen molar-refractivity contribution < 1.29 is 4.74 Å². The molecule has 0 amide bonds. The third kappa shape index (κ3) is 6.53. The van der Waals surface area contributed by atoms with Crippen LogP contribution in [0.25, 0.3) is 0 Å². The average molecular weight is 293 g/mol. The Morgan fingerprint density at radius 1 is 1.05 bits per heavy atom. The van der Waals surface area contributed by atoms with Gasteiger partial charge in [-0.15, -0.1) is 0 Å². The maximum atomic E-state index is 5.10. The lowest BCUT2D eigenvalue weighted by Gasteiger charge is -2.17. The highest BCUT2D eigenvalue weighted by molar-refractivity contribution is 5.25. The van der Waals surface area contributed by atoms with Crippen LogP contribution < -0.4 is 5.32 Å². The van der Waals surface area contributed by atoms with Crippen molar-refractivity contribution in [3.8, 4) is 0 Å². The number of ether oxygens (including phenoxy) is 1. The first-order chi connectivity index (χ1) is 9.93. The maximum Gasteiger partial charge on any atom is 0.131 e. The summed E-state index contributed by atoms with van der Waals surface area (Å²) in [5, 5.41) is 3.53. The first kappa shape index (κ1) is 18.1. The van der Waals surface area contributed by atoms with Gasteiger partial charge in [0.1, 0.15) is 5.82 Å². The van der Waals surface area contributed by atoms with E-state index in [1.54, 1.807) is 7.11 Å². The predicted molar refractivity (Wildman–Crippen MR) is 87.7 cm³/mol. The van der Waals surface area contributed by atoms with Crippen molar-refractivity contribution in [1.29, 1.82) is 0 Å². The molecule has 4 nitrogen and oxygen atoms in total. The molecule has 0 spiro atoms. The summed E-state index contributed by atoms with van der Waals surface area (Å²) < 4.78 is 5.10. The second-order valence-electron chi connectivity index (χ2n) is 6.39. The maximum absolute atomic E-state index is 5.10. The van der Waals surface area contributed by atoms with Crippen molar-refractivity contribution in [2.75, 3.05) is 26.8 Å². The molecule has 0 saturated heterocycles. The number of aryl methyl sites for hydroxylation is 2. The number of nitrogens with one attached hydrogen (secondary N) is 1. The van der Waals surface area contributed by atoms with Crippen LogP contribution in [0, 0.1) is 25.7 Å². The number of rotatable bonds is 9. The van der Waals surface area contributed by atoms with Crippen LogP contribution in [0.3, 0.4) is 0 Å². The molecule has 0 aliphatic rings. The largest absolute Gasteiger partial charge is 0.384 e. The van der Waals surface area contributed by atoms with Gasteiger partial charge in [0.15, 0.2) is 0 Å². The minimum Gasteiger partial charge on any atom is -0.384 e. The molecule has 1 aromatic heterocycles. The fourth-order valence-electron chi connectivity index (χ4n) is 2.45. The Bertz CT molecular complexity index is 409. The lowest BCUT2D eigenvalue weighted by molar-refractivity contribution is 0.200. The van der Waals surface area contributed by atoms with Crippen LogP contribution in [0.4, 0.5) is 0 Å². The summed E-state index contributed by atoms with van der Waals surface area (Å²) >= 11 is 0. The standard InChI is InChI=1S/C17H31N3O/c1-12(2)10-18-11-13(3)9-16-14(4)19-17(7-8-21-6)20-15(16)5/h12-13,18H,7-11H2,1-6H3. The molecular formula is C17H31N3O. The van der Waals surface area contributed by atoms with Crippen LogP contribution >= 0.6 is 0 Å². The Morgan fingerprint density at radius 3 is 2.19 bits per heavy atom. The molecule has 21 heavy (non-hydrogen) atoms. The van der Waals surface area contributed by atoms with E-state index < -0.39 is 0 Å². The van der Waals surface area contributed by atoms with Crippen molar-refractivity contribution in [2.45, 2.75) is 47.5 Å². The van der Waals surface area contributed by atoms with E-state index in [0.29, 0.717) is 18.4 Å². The third-order valence-corrected chi connectivity index (χ3v) is 3.59. The molecule has 1 rings (SSSR count).